The van der Waals surface area contributed by atoms with Crippen LogP contribution in [0, 0.1) is 23.4 Å². The number of halogens is 6. The molecule has 5 nitrogen and oxygen atoms in total. The Kier molecular flexibility index (Phi) is 7.26. The summed E-state index contributed by atoms with van der Waals surface area (Å²) in [5.41, 5.74) is -5.25. The zero-order chi connectivity index (χ0) is 25.5. The number of benzene rings is 2. The topological polar surface area (TPSA) is 69.6 Å². The first-order valence-corrected chi connectivity index (χ1v) is 12.1. The average molecular weight is 520 g/mol. The van der Waals surface area contributed by atoms with E-state index in [9.17, 15) is 36.1 Å². The van der Waals surface area contributed by atoms with Crippen molar-refractivity contribution in [2.45, 2.75) is 49.4 Å². The first-order valence-electron chi connectivity index (χ1n) is 10.9. The fourth-order valence-electron chi connectivity index (χ4n) is 4.40. The maximum Gasteiger partial charge on any atom is 0.485 e. The minimum atomic E-state index is -5.04. The molecule has 1 aliphatic carbocycles. The van der Waals surface area contributed by atoms with Crippen molar-refractivity contribution < 1.29 is 40.5 Å². The number of carbonyl (C=O) groups excluding carboxylic acids is 1. The molecule has 1 amide bonds. The highest BCUT2D eigenvalue weighted by molar-refractivity contribution is 7.83. The number of nitrogens with one attached hydrogen (secondary N) is 1. The number of aliphatic hydroxyl groups is 1. The first kappa shape index (κ1) is 25.6. The molecule has 1 heterocycles. The van der Waals surface area contributed by atoms with Gasteiger partial charge in [0.05, 0.1) is 6.04 Å². The van der Waals surface area contributed by atoms with Crippen molar-refractivity contribution in [3.8, 4) is 11.1 Å². The second kappa shape index (κ2) is 9.90. The molecule has 0 aromatic heterocycles. The number of amides is 1. The molecular formula is C23H22F6N2O3S. The smallest absolute Gasteiger partial charge is 0.383 e. The van der Waals surface area contributed by atoms with Gasteiger partial charge in [-0.05, 0) is 54.9 Å². The Labute approximate surface area is 199 Å². The highest BCUT2D eigenvalue weighted by atomic mass is 32.2. The first-order chi connectivity index (χ1) is 16.5. The van der Waals surface area contributed by atoms with Crippen molar-refractivity contribution in [1.29, 1.82) is 0 Å². The monoisotopic (exact) mass is 520 g/mol. The van der Waals surface area contributed by atoms with E-state index in [0.29, 0.717) is 18.9 Å². The zero-order valence-corrected chi connectivity index (χ0v) is 19.0. The fraction of sp³-hybridized carbons (Fsp3) is 0.435. The average Bonchev–Trinajstić information content (AvgIpc) is 3.55. The number of aliphatic hydroxyl groups excluding tert-OH is 1. The summed E-state index contributed by atoms with van der Waals surface area (Å²) in [4.78, 5) is 14.1. The maximum absolute atomic E-state index is 15.4. The Balaban J connectivity index is 1.65. The number of carbonyl (C=O) groups is 1. The summed E-state index contributed by atoms with van der Waals surface area (Å²) in [5, 5.41) is 10.3. The molecule has 0 radical (unpaired) electrons. The van der Waals surface area contributed by atoms with Gasteiger partial charge < -0.3 is 10.0 Å². The summed E-state index contributed by atoms with van der Waals surface area (Å²) in [6, 6.07) is 4.46. The third kappa shape index (κ3) is 5.70. The Hall–Kier alpha value is -2.44. The number of nitrogens with zero attached hydrogens (tertiary/aromatic N) is 1. The molecule has 1 saturated heterocycles. The summed E-state index contributed by atoms with van der Waals surface area (Å²) in [5.74, 6) is -3.59. The van der Waals surface area contributed by atoms with Gasteiger partial charge in [-0.3, -0.25) is 4.79 Å². The summed E-state index contributed by atoms with van der Waals surface area (Å²) in [7, 11) is -3.41. The molecule has 35 heavy (non-hydrogen) atoms. The maximum atomic E-state index is 15.4. The molecular weight excluding hydrogens is 498 g/mol. The van der Waals surface area contributed by atoms with Crippen LogP contribution in [0.2, 0.25) is 0 Å². The third-order valence-electron chi connectivity index (χ3n) is 6.30. The molecule has 12 heteroatoms. The predicted octanol–water partition coefficient (Wildman–Crippen LogP) is 3.83. The van der Waals surface area contributed by atoms with Gasteiger partial charge in [0.1, 0.15) is 23.6 Å². The molecule has 4 rings (SSSR count). The number of likely N-dealkylation sites (tertiary alicyclic amines) is 1. The Morgan fingerprint density at radius 2 is 1.77 bits per heavy atom. The number of hydrogen-bond acceptors (Lipinski definition) is 3. The predicted molar refractivity (Wildman–Crippen MR) is 115 cm³/mol. The van der Waals surface area contributed by atoms with Gasteiger partial charge in [-0.1, -0.05) is 18.2 Å². The van der Waals surface area contributed by atoms with E-state index in [-0.39, 0.29) is 42.0 Å². The molecule has 0 spiro atoms. The summed E-state index contributed by atoms with van der Waals surface area (Å²) in [6.07, 6.45) is -0.298. The summed E-state index contributed by atoms with van der Waals surface area (Å²) in [6.45, 7) is -0.0174. The van der Waals surface area contributed by atoms with Crippen LogP contribution >= 0.6 is 0 Å². The third-order valence-corrected chi connectivity index (χ3v) is 7.24. The number of rotatable bonds is 7. The van der Waals surface area contributed by atoms with Crippen molar-refractivity contribution >= 4 is 16.9 Å². The quantitative estimate of drug-likeness (QED) is 0.546. The van der Waals surface area contributed by atoms with E-state index in [4.69, 9.17) is 0 Å². The van der Waals surface area contributed by atoms with Crippen molar-refractivity contribution in [3.05, 3.63) is 59.4 Å². The van der Waals surface area contributed by atoms with Gasteiger partial charge in [-0.2, -0.15) is 13.2 Å². The van der Waals surface area contributed by atoms with E-state index in [1.54, 1.807) is 0 Å². The minimum absolute atomic E-state index is 0.00598. The Morgan fingerprint density at radius 3 is 2.37 bits per heavy atom. The number of alkyl halides is 3. The van der Waals surface area contributed by atoms with Crippen LogP contribution in [0.1, 0.15) is 24.8 Å². The molecule has 4 unspecified atom stereocenters. The van der Waals surface area contributed by atoms with Gasteiger partial charge in [0, 0.05) is 24.2 Å². The van der Waals surface area contributed by atoms with Crippen molar-refractivity contribution in [1.82, 2.24) is 9.62 Å². The second-order valence-electron chi connectivity index (χ2n) is 8.75. The van der Waals surface area contributed by atoms with Crippen molar-refractivity contribution in [2.24, 2.45) is 5.92 Å². The number of hydrogen-bond donors (Lipinski definition) is 2. The van der Waals surface area contributed by atoms with Crippen molar-refractivity contribution in [2.75, 3.05) is 6.54 Å². The molecule has 4 atom stereocenters. The summed E-state index contributed by atoms with van der Waals surface area (Å²) >= 11 is 0. The zero-order valence-electron chi connectivity index (χ0n) is 18.2. The van der Waals surface area contributed by atoms with Gasteiger partial charge in [0.25, 0.3) is 5.91 Å². The highest BCUT2D eigenvalue weighted by Crippen LogP contribution is 2.36. The lowest BCUT2D eigenvalue weighted by Crippen LogP contribution is -2.51. The van der Waals surface area contributed by atoms with Crippen LogP contribution in [0.25, 0.3) is 11.1 Å². The second-order valence-corrected chi connectivity index (χ2v) is 9.99. The largest absolute Gasteiger partial charge is 0.485 e. The van der Waals surface area contributed by atoms with E-state index in [2.05, 4.69) is 0 Å². The molecule has 2 aliphatic rings. The lowest BCUT2D eigenvalue weighted by Gasteiger charge is -2.30. The van der Waals surface area contributed by atoms with Gasteiger partial charge in [-0.15, -0.1) is 0 Å². The minimum Gasteiger partial charge on any atom is -0.383 e. The SMILES string of the molecule is O=C(C(O)C1CC1)N1CCC(NS(=O)C(F)(F)F)C1Cc1cccc(-c2cc(F)cc(F)c2)c1F. The molecule has 2 fully saturated rings. The normalized spacial score (nSPS) is 22.3. The van der Waals surface area contributed by atoms with E-state index in [1.165, 1.54) is 23.1 Å². The molecule has 2 aromatic rings. The van der Waals surface area contributed by atoms with E-state index in [0.717, 1.165) is 12.1 Å². The van der Waals surface area contributed by atoms with Crippen molar-refractivity contribution in [3.63, 3.8) is 0 Å². The fourth-order valence-corrected chi connectivity index (χ4v) is 5.08. The molecule has 2 aromatic carbocycles. The standard InChI is InChI=1S/C23H22F6N2O3S/c24-15-8-14(9-16(25)11-15)17-3-1-2-13(20(17)26)10-19-18(30-35(34)23(27,28)29)6-7-31(19)22(33)21(32)12-4-5-12/h1-3,8-9,11-12,18-19,21,30,32H,4-7,10H2. The molecule has 0 bridgehead atoms. The lowest BCUT2D eigenvalue weighted by atomic mass is 9.95. The van der Waals surface area contributed by atoms with Crippen LogP contribution in [0.5, 0.6) is 0 Å². The van der Waals surface area contributed by atoms with Gasteiger partial charge in [-0.25, -0.2) is 22.1 Å². The Bertz CT molecular complexity index is 1120. The van der Waals surface area contributed by atoms with Gasteiger partial charge in [0.2, 0.25) is 0 Å². The van der Waals surface area contributed by atoms with Crippen LogP contribution in [0.15, 0.2) is 36.4 Å². The van der Waals surface area contributed by atoms with Crippen LogP contribution in [-0.2, 0) is 22.2 Å². The van der Waals surface area contributed by atoms with Gasteiger partial charge in [0.15, 0.2) is 11.0 Å². The Morgan fingerprint density at radius 1 is 1.11 bits per heavy atom. The van der Waals surface area contributed by atoms with Crippen LogP contribution in [0.4, 0.5) is 26.3 Å². The van der Waals surface area contributed by atoms with Crippen LogP contribution in [-0.4, -0.2) is 50.4 Å². The molecule has 190 valence electrons. The van der Waals surface area contributed by atoms with E-state index < -0.39 is 58.0 Å². The molecule has 2 N–H and O–H groups in total. The molecule has 1 aliphatic heterocycles. The molecule has 1 saturated carbocycles. The van der Waals surface area contributed by atoms with Gasteiger partial charge >= 0.3 is 5.51 Å². The lowest BCUT2D eigenvalue weighted by molar-refractivity contribution is -0.142. The highest BCUT2D eigenvalue weighted by Gasteiger charge is 2.46. The van der Waals surface area contributed by atoms with E-state index >= 15 is 4.39 Å². The van der Waals surface area contributed by atoms with Crippen LogP contribution in [0.3, 0.4) is 0 Å². The summed E-state index contributed by atoms with van der Waals surface area (Å²) < 4.78 is 95.2. The van der Waals surface area contributed by atoms with Crippen LogP contribution < -0.4 is 4.72 Å². The van der Waals surface area contributed by atoms with E-state index in [1.807, 2.05) is 4.72 Å².